The molecular formula is C20H19FN4O3. The lowest BCUT2D eigenvalue weighted by Gasteiger charge is -2.26. The fourth-order valence-corrected chi connectivity index (χ4v) is 3.18. The van der Waals surface area contributed by atoms with Crippen LogP contribution in [0.2, 0.25) is 0 Å². The third-order valence-electron chi connectivity index (χ3n) is 4.91. The summed E-state index contributed by atoms with van der Waals surface area (Å²) < 4.78 is 19.0. The minimum atomic E-state index is -0.450. The number of hydrogen-bond acceptors (Lipinski definition) is 6. The van der Waals surface area contributed by atoms with Crippen LogP contribution in [0.1, 0.15) is 37.3 Å². The molecular weight excluding hydrogens is 363 g/mol. The Bertz CT molecular complexity index is 968. The molecule has 1 fully saturated rings. The Balaban J connectivity index is 1.52. The maximum Gasteiger partial charge on any atom is 0.269 e. The number of nitrogens with zero attached hydrogens (tertiary/aromatic N) is 4. The van der Waals surface area contributed by atoms with E-state index in [9.17, 15) is 14.5 Å². The first kappa shape index (κ1) is 18.2. The Morgan fingerprint density at radius 2 is 1.86 bits per heavy atom. The van der Waals surface area contributed by atoms with E-state index >= 15 is 0 Å². The van der Waals surface area contributed by atoms with Crippen LogP contribution >= 0.6 is 0 Å². The molecule has 8 heteroatoms. The molecule has 0 unspecified atom stereocenters. The highest BCUT2D eigenvalue weighted by Crippen LogP contribution is 2.36. The van der Waals surface area contributed by atoms with E-state index < -0.39 is 4.92 Å². The van der Waals surface area contributed by atoms with Gasteiger partial charge in [0, 0.05) is 30.3 Å². The molecule has 0 saturated heterocycles. The fourth-order valence-electron chi connectivity index (χ4n) is 3.18. The Kier molecular flexibility index (Phi) is 4.87. The highest BCUT2D eigenvalue weighted by molar-refractivity contribution is 5.55. The summed E-state index contributed by atoms with van der Waals surface area (Å²) >= 11 is 0. The van der Waals surface area contributed by atoms with Crippen molar-refractivity contribution in [2.75, 3.05) is 0 Å². The van der Waals surface area contributed by atoms with Crippen molar-refractivity contribution in [3.8, 4) is 11.5 Å². The van der Waals surface area contributed by atoms with Crippen molar-refractivity contribution >= 4 is 5.69 Å². The molecule has 1 heterocycles. The number of benzene rings is 2. The van der Waals surface area contributed by atoms with E-state index in [0.29, 0.717) is 29.9 Å². The van der Waals surface area contributed by atoms with Crippen molar-refractivity contribution < 1.29 is 13.7 Å². The zero-order valence-corrected chi connectivity index (χ0v) is 15.3. The van der Waals surface area contributed by atoms with E-state index in [1.165, 1.54) is 24.3 Å². The van der Waals surface area contributed by atoms with E-state index in [1.54, 1.807) is 24.3 Å². The minimum Gasteiger partial charge on any atom is -0.419 e. The summed E-state index contributed by atoms with van der Waals surface area (Å²) in [4.78, 5) is 12.6. The number of rotatable bonds is 7. The van der Waals surface area contributed by atoms with Gasteiger partial charge in [-0.15, -0.1) is 10.2 Å². The average molecular weight is 382 g/mol. The molecule has 1 aliphatic rings. The Morgan fingerprint density at radius 3 is 2.46 bits per heavy atom. The van der Waals surface area contributed by atoms with Gasteiger partial charge in [-0.05, 0) is 49.6 Å². The zero-order chi connectivity index (χ0) is 19.7. The number of nitro groups is 1. The second kappa shape index (κ2) is 7.47. The average Bonchev–Trinajstić information content (AvgIpc) is 3.42. The Morgan fingerprint density at radius 1 is 1.18 bits per heavy atom. The first-order valence-electron chi connectivity index (χ1n) is 9.09. The van der Waals surface area contributed by atoms with Gasteiger partial charge in [-0.1, -0.05) is 12.1 Å². The summed E-state index contributed by atoms with van der Waals surface area (Å²) in [6.45, 7) is 2.68. The molecule has 0 radical (unpaired) electrons. The lowest BCUT2D eigenvalue weighted by Crippen LogP contribution is -2.29. The molecule has 0 aliphatic heterocycles. The number of non-ortho nitro benzene ring substituents is 1. The maximum absolute atomic E-state index is 13.2. The van der Waals surface area contributed by atoms with Gasteiger partial charge in [-0.2, -0.15) is 0 Å². The van der Waals surface area contributed by atoms with Gasteiger partial charge in [-0.3, -0.25) is 15.0 Å². The van der Waals surface area contributed by atoms with Crippen LogP contribution in [0.3, 0.4) is 0 Å². The highest BCUT2D eigenvalue weighted by atomic mass is 19.1. The molecule has 1 aromatic heterocycles. The van der Waals surface area contributed by atoms with E-state index in [1.807, 2.05) is 6.92 Å². The number of halogens is 1. The van der Waals surface area contributed by atoms with Crippen LogP contribution in [0.15, 0.2) is 52.9 Å². The molecule has 2 aromatic carbocycles. The molecule has 1 saturated carbocycles. The summed E-state index contributed by atoms with van der Waals surface area (Å²) in [7, 11) is 0. The van der Waals surface area contributed by atoms with Gasteiger partial charge in [-0.25, -0.2) is 4.39 Å². The van der Waals surface area contributed by atoms with Crippen molar-refractivity contribution in [1.82, 2.24) is 15.1 Å². The van der Waals surface area contributed by atoms with Gasteiger partial charge >= 0.3 is 0 Å². The monoisotopic (exact) mass is 382 g/mol. The van der Waals surface area contributed by atoms with Crippen molar-refractivity contribution in [3.05, 3.63) is 75.9 Å². The Hall–Kier alpha value is -3.13. The summed E-state index contributed by atoms with van der Waals surface area (Å²) in [6, 6.07) is 12.8. The molecule has 3 aromatic rings. The first-order valence-corrected chi connectivity index (χ1v) is 9.09. The van der Waals surface area contributed by atoms with Crippen LogP contribution in [-0.4, -0.2) is 26.1 Å². The maximum atomic E-state index is 13.2. The van der Waals surface area contributed by atoms with Crippen molar-refractivity contribution in [2.24, 2.45) is 0 Å². The first-order chi connectivity index (χ1) is 13.5. The van der Waals surface area contributed by atoms with E-state index in [4.69, 9.17) is 4.42 Å². The normalized spacial score (nSPS) is 15.0. The molecule has 0 amide bonds. The molecule has 0 spiro atoms. The van der Waals surface area contributed by atoms with Crippen molar-refractivity contribution in [2.45, 2.75) is 38.4 Å². The predicted octanol–water partition coefficient (Wildman–Crippen LogP) is 4.51. The number of nitro benzene ring substituents is 1. The van der Waals surface area contributed by atoms with Crippen LogP contribution in [0.25, 0.3) is 11.5 Å². The standard InChI is InChI=1S/C20H19FN4O3/c1-13(24(17-10-11-17)12-14-2-6-16(21)7-3-14)19-22-23-20(28-19)15-4-8-18(9-5-15)25(26)27/h2-9,13,17H,10-12H2,1H3/t13-/m0/s1. The van der Waals surface area contributed by atoms with Gasteiger partial charge in [0.05, 0.1) is 11.0 Å². The molecule has 4 rings (SSSR count). The van der Waals surface area contributed by atoms with E-state index in [-0.39, 0.29) is 17.5 Å². The number of hydrogen-bond donors (Lipinski definition) is 0. The smallest absolute Gasteiger partial charge is 0.269 e. The van der Waals surface area contributed by atoms with Crippen LogP contribution in [0.5, 0.6) is 0 Å². The van der Waals surface area contributed by atoms with Crippen molar-refractivity contribution in [1.29, 1.82) is 0 Å². The van der Waals surface area contributed by atoms with Crippen LogP contribution in [0, 0.1) is 15.9 Å². The van der Waals surface area contributed by atoms with Gasteiger partial charge in [0.2, 0.25) is 11.8 Å². The predicted molar refractivity (Wildman–Crippen MR) is 99.8 cm³/mol. The lowest BCUT2D eigenvalue weighted by atomic mass is 10.1. The van der Waals surface area contributed by atoms with E-state index in [0.717, 1.165) is 18.4 Å². The van der Waals surface area contributed by atoms with Gasteiger partial charge in [0.25, 0.3) is 5.69 Å². The molecule has 7 nitrogen and oxygen atoms in total. The molecule has 1 aliphatic carbocycles. The summed E-state index contributed by atoms with van der Waals surface area (Å²) in [6.07, 6.45) is 2.21. The SMILES string of the molecule is C[C@@H](c1nnc(-c2ccc([N+](=O)[O-])cc2)o1)N(Cc1ccc(F)cc1)C1CC1. The van der Waals surface area contributed by atoms with Gasteiger partial charge in [0.1, 0.15) is 5.82 Å². The number of aromatic nitrogens is 2. The second-order valence-corrected chi connectivity index (χ2v) is 6.96. The summed E-state index contributed by atoms with van der Waals surface area (Å²) in [5.74, 6) is 0.566. The molecule has 144 valence electrons. The third-order valence-corrected chi connectivity index (χ3v) is 4.91. The third kappa shape index (κ3) is 3.91. The highest BCUT2D eigenvalue weighted by Gasteiger charge is 2.35. The molecule has 0 N–H and O–H groups in total. The zero-order valence-electron chi connectivity index (χ0n) is 15.3. The van der Waals surface area contributed by atoms with Gasteiger partial charge in [0.15, 0.2) is 0 Å². The van der Waals surface area contributed by atoms with Crippen LogP contribution in [0.4, 0.5) is 10.1 Å². The second-order valence-electron chi connectivity index (χ2n) is 6.96. The Labute approximate surface area is 161 Å². The van der Waals surface area contributed by atoms with Crippen LogP contribution in [-0.2, 0) is 6.54 Å². The van der Waals surface area contributed by atoms with Gasteiger partial charge < -0.3 is 4.42 Å². The molecule has 0 bridgehead atoms. The summed E-state index contributed by atoms with van der Waals surface area (Å²) in [5, 5.41) is 19.1. The summed E-state index contributed by atoms with van der Waals surface area (Å²) in [5.41, 5.74) is 1.67. The topological polar surface area (TPSA) is 85.3 Å². The largest absolute Gasteiger partial charge is 0.419 e. The fraction of sp³-hybridized carbons (Fsp3) is 0.300. The minimum absolute atomic E-state index is 0.0102. The molecule has 1 atom stereocenters. The lowest BCUT2D eigenvalue weighted by molar-refractivity contribution is -0.384. The van der Waals surface area contributed by atoms with Crippen molar-refractivity contribution in [3.63, 3.8) is 0 Å². The molecule has 28 heavy (non-hydrogen) atoms. The quantitative estimate of drug-likeness (QED) is 0.441. The van der Waals surface area contributed by atoms with Crippen LogP contribution < -0.4 is 0 Å². The van der Waals surface area contributed by atoms with E-state index in [2.05, 4.69) is 15.1 Å².